The molecular formula is C15H31NO. The van der Waals surface area contributed by atoms with Gasteiger partial charge in [-0.2, -0.15) is 0 Å². The SMILES string of the molecule is CC(C)CC(C)(C)C(C)(C)N(C)C(=O)C(C)C. The first-order valence-corrected chi connectivity index (χ1v) is 6.71. The van der Waals surface area contributed by atoms with E-state index in [4.69, 9.17) is 0 Å². The molecule has 0 saturated carbocycles. The van der Waals surface area contributed by atoms with Crippen molar-refractivity contribution in [2.75, 3.05) is 7.05 Å². The third-order valence-electron chi connectivity index (χ3n) is 4.24. The van der Waals surface area contributed by atoms with E-state index in [9.17, 15) is 4.79 Å². The molecule has 0 aliphatic carbocycles. The van der Waals surface area contributed by atoms with E-state index >= 15 is 0 Å². The summed E-state index contributed by atoms with van der Waals surface area (Å²) < 4.78 is 0. The van der Waals surface area contributed by atoms with Gasteiger partial charge in [0.05, 0.1) is 0 Å². The Morgan fingerprint density at radius 1 is 1.06 bits per heavy atom. The standard InChI is InChI=1S/C15H31NO/c1-11(2)10-14(5,6)15(7,8)16(9)13(17)12(3)4/h11-12H,10H2,1-9H3. The fourth-order valence-electron chi connectivity index (χ4n) is 2.39. The van der Waals surface area contributed by atoms with E-state index in [1.807, 2.05) is 25.8 Å². The largest absolute Gasteiger partial charge is 0.340 e. The van der Waals surface area contributed by atoms with E-state index in [0.29, 0.717) is 5.92 Å². The summed E-state index contributed by atoms with van der Waals surface area (Å²) in [7, 11) is 1.93. The molecule has 0 aromatic carbocycles. The monoisotopic (exact) mass is 241 g/mol. The molecule has 0 saturated heterocycles. The van der Waals surface area contributed by atoms with Crippen LogP contribution in [0.1, 0.15) is 61.8 Å². The second-order valence-corrected chi connectivity index (χ2v) is 7.09. The van der Waals surface area contributed by atoms with Crippen LogP contribution in [-0.2, 0) is 4.79 Å². The van der Waals surface area contributed by atoms with Gasteiger partial charge in [-0.1, -0.05) is 41.5 Å². The first kappa shape index (κ1) is 16.5. The average Bonchev–Trinajstić information content (AvgIpc) is 2.12. The topological polar surface area (TPSA) is 20.3 Å². The molecule has 2 nitrogen and oxygen atoms in total. The highest BCUT2D eigenvalue weighted by Gasteiger charge is 2.42. The van der Waals surface area contributed by atoms with Gasteiger partial charge in [0, 0.05) is 18.5 Å². The molecule has 0 atom stereocenters. The van der Waals surface area contributed by atoms with Gasteiger partial charge in [0.25, 0.3) is 0 Å². The Morgan fingerprint density at radius 3 is 1.76 bits per heavy atom. The quantitative estimate of drug-likeness (QED) is 0.713. The van der Waals surface area contributed by atoms with Gasteiger partial charge >= 0.3 is 0 Å². The van der Waals surface area contributed by atoms with Crippen LogP contribution in [-0.4, -0.2) is 23.4 Å². The van der Waals surface area contributed by atoms with Crippen molar-refractivity contribution in [3.63, 3.8) is 0 Å². The van der Waals surface area contributed by atoms with Crippen molar-refractivity contribution >= 4 is 5.91 Å². The van der Waals surface area contributed by atoms with Gasteiger partial charge in [0.2, 0.25) is 5.91 Å². The smallest absolute Gasteiger partial charge is 0.225 e. The number of rotatable bonds is 5. The molecule has 0 aliphatic heterocycles. The molecule has 0 N–H and O–H groups in total. The molecule has 0 heterocycles. The molecule has 0 aromatic rings. The molecule has 2 heteroatoms. The predicted molar refractivity (Wildman–Crippen MR) is 74.9 cm³/mol. The molecule has 0 aliphatic rings. The van der Waals surface area contributed by atoms with Crippen molar-refractivity contribution in [1.82, 2.24) is 4.90 Å². The Kier molecular flexibility index (Phi) is 5.24. The van der Waals surface area contributed by atoms with Gasteiger partial charge in [-0.05, 0) is 31.6 Å². The van der Waals surface area contributed by atoms with Crippen LogP contribution >= 0.6 is 0 Å². The molecular weight excluding hydrogens is 210 g/mol. The second kappa shape index (κ2) is 5.41. The van der Waals surface area contributed by atoms with Gasteiger partial charge in [0.15, 0.2) is 0 Å². The van der Waals surface area contributed by atoms with Crippen LogP contribution in [0.25, 0.3) is 0 Å². The summed E-state index contributed by atoms with van der Waals surface area (Å²) in [4.78, 5) is 14.1. The lowest BCUT2D eigenvalue weighted by Crippen LogP contribution is -2.55. The van der Waals surface area contributed by atoms with Crippen LogP contribution in [0.15, 0.2) is 0 Å². The first-order valence-electron chi connectivity index (χ1n) is 6.71. The molecule has 0 rings (SSSR count). The lowest BCUT2D eigenvalue weighted by molar-refractivity contribution is -0.142. The fraction of sp³-hybridized carbons (Fsp3) is 0.933. The lowest BCUT2D eigenvalue weighted by Gasteiger charge is -2.49. The molecule has 0 spiro atoms. The van der Waals surface area contributed by atoms with E-state index < -0.39 is 0 Å². The Bertz CT molecular complexity index is 264. The maximum absolute atomic E-state index is 12.1. The highest BCUT2D eigenvalue weighted by molar-refractivity contribution is 5.78. The average molecular weight is 241 g/mol. The summed E-state index contributed by atoms with van der Waals surface area (Å²) >= 11 is 0. The molecule has 0 aromatic heterocycles. The molecule has 0 fully saturated rings. The number of carbonyl (C=O) groups is 1. The number of amides is 1. The van der Waals surface area contributed by atoms with E-state index in [0.717, 1.165) is 6.42 Å². The van der Waals surface area contributed by atoms with Crippen LogP contribution in [0.5, 0.6) is 0 Å². The summed E-state index contributed by atoms with van der Waals surface area (Å²) in [5.74, 6) is 0.938. The molecule has 102 valence electrons. The Hall–Kier alpha value is -0.530. The maximum atomic E-state index is 12.1. The Morgan fingerprint density at radius 2 is 1.47 bits per heavy atom. The number of hydrogen-bond donors (Lipinski definition) is 0. The molecule has 0 unspecified atom stereocenters. The van der Waals surface area contributed by atoms with Crippen LogP contribution < -0.4 is 0 Å². The van der Waals surface area contributed by atoms with Crippen LogP contribution in [0.2, 0.25) is 0 Å². The highest BCUT2D eigenvalue weighted by Crippen LogP contribution is 2.40. The van der Waals surface area contributed by atoms with Crippen molar-refractivity contribution < 1.29 is 4.79 Å². The van der Waals surface area contributed by atoms with Gasteiger partial charge in [-0.3, -0.25) is 4.79 Å². The zero-order valence-electron chi connectivity index (χ0n) is 13.2. The van der Waals surface area contributed by atoms with E-state index in [1.54, 1.807) is 0 Å². The van der Waals surface area contributed by atoms with E-state index in [-0.39, 0.29) is 22.8 Å². The summed E-state index contributed by atoms with van der Waals surface area (Å²) in [5, 5.41) is 0. The minimum Gasteiger partial charge on any atom is -0.340 e. The molecule has 17 heavy (non-hydrogen) atoms. The van der Waals surface area contributed by atoms with Crippen molar-refractivity contribution in [2.45, 2.75) is 67.3 Å². The van der Waals surface area contributed by atoms with Crippen molar-refractivity contribution in [2.24, 2.45) is 17.3 Å². The van der Waals surface area contributed by atoms with Crippen molar-refractivity contribution in [1.29, 1.82) is 0 Å². The van der Waals surface area contributed by atoms with Crippen LogP contribution in [0.3, 0.4) is 0 Å². The Balaban J connectivity index is 5.04. The summed E-state index contributed by atoms with van der Waals surface area (Å²) in [6, 6.07) is 0. The number of carbonyl (C=O) groups excluding carboxylic acids is 1. The van der Waals surface area contributed by atoms with Gasteiger partial charge in [0.1, 0.15) is 0 Å². The molecule has 0 radical (unpaired) electrons. The number of nitrogens with zero attached hydrogens (tertiary/aromatic N) is 1. The summed E-state index contributed by atoms with van der Waals surface area (Å²) in [6.07, 6.45) is 1.12. The van der Waals surface area contributed by atoms with Gasteiger partial charge < -0.3 is 4.90 Å². The van der Waals surface area contributed by atoms with Crippen LogP contribution in [0.4, 0.5) is 0 Å². The molecule has 1 amide bonds. The highest BCUT2D eigenvalue weighted by atomic mass is 16.2. The minimum absolute atomic E-state index is 0.0640. The van der Waals surface area contributed by atoms with Gasteiger partial charge in [-0.15, -0.1) is 0 Å². The second-order valence-electron chi connectivity index (χ2n) is 7.09. The van der Waals surface area contributed by atoms with Crippen molar-refractivity contribution in [3.05, 3.63) is 0 Å². The lowest BCUT2D eigenvalue weighted by atomic mass is 9.68. The third-order valence-corrected chi connectivity index (χ3v) is 4.24. The predicted octanol–water partition coefficient (Wildman–Crippen LogP) is 3.95. The first-order chi connectivity index (χ1) is 7.43. The van der Waals surface area contributed by atoms with E-state index in [2.05, 4.69) is 41.5 Å². The van der Waals surface area contributed by atoms with E-state index in [1.165, 1.54) is 0 Å². The normalized spacial score (nSPS) is 13.4. The zero-order chi connectivity index (χ0) is 14.0. The maximum Gasteiger partial charge on any atom is 0.225 e. The fourth-order valence-corrected chi connectivity index (χ4v) is 2.39. The zero-order valence-corrected chi connectivity index (χ0v) is 13.2. The summed E-state index contributed by atoms with van der Waals surface area (Å²) in [5.41, 5.74) is -0.0148. The van der Waals surface area contributed by atoms with Gasteiger partial charge in [-0.25, -0.2) is 0 Å². The van der Waals surface area contributed by atoms with Crippen LogP contribution in [0, 0.1) is 17.3 Å². The van der Waals surface area contributed by atoms with Crippen molar-refractivity contribution in [3.8, 4) is 0 Å². The summed E-state index contributed by atoms with van der Waals surface area (Å²) in [6.45, 7) is 17.3. The minimum atomic E-state index is -0.126. The number of hydrogen-bond acceptors (Lipinski definition) is 1. The Labute approximate surface area is 108 Å². The third kappa shape index (κ3) is 3.72. The molecule has 0 bridgehead atoms.